The average molecular weight is 360 g/mol. The van der Waals surface area contributed by atoms with Crippen LogP contribution in [-0.2, 0) is 27.9 Å². The molecule has 0 saturated heterocycles. The van der Waals surface area contributed by atoms with Gasteiger partial charge >= 0.3 is 0 Å². The van der Waals surface area contributed by atoms with Crippen LogP contribution >= 0.6 is 0 Å². The first kappa shape index (κ1) is 19.1. The lowest BCUT2D eigenvalue weighted by molar-refractivity contribution is -0.130. The zero-order chi connectivity index (χ0) is 18.4. The highest BCUT2D eigenvalue weighted by Gasteiger charge is 2.22. The normalized spacial score (nSPS) is 11.5. The predicted octanol–water partition coefficient (Wildman–Crippen LogP) is 2.42. The Morgan fingerprint density at radius 2 is 1.48 bits per heavy atom. The molecule has 2 aromatic rings. The first-order valence-corrected chi connectivity index (χ1v) is 9.89. The minimum absolute atomic E-state index is 0.171. The second-order valence-electron chi connectivity index (χ2n) is 6.25. The van der Waals surface area contributed by atoms with E-state index < -0.39 is 10.0 Å². The summed E-state index contributed by atoms with van der Waals surface area (Å²) in [6.45, 7) is 2.43. The molecule has 134 valence electrons. The topological polar surface area (TPSA) is 57.7 Å². The van der Waals surface area contributed by atoms with E-state index in [0.29, 0.717) is 6.54 Å². The molecule has 1 amide bonds. The molecule has 0 heterocycles. The van der Waals surface area contributed by atoms with E-state index in [1.165, 1.54) is 4.31 Å². The number of carbonyl (C=O) groups is 1. The number of aryl methyl sites for hydroxylation is 1. The summed E-state index contributed by atoms with van der Waals surface area (Å²) in [7, 11) is -1.81. The predicted molar refractivity (Wildman–Crippen MR) is 99.3 cm³/mol. The number of carbonyl (C=O) groups excluding carboxylic acids is 1. The number of amides is 1. The van der Waals surface area contributed by atoms with Gasteiger partial charge in [0.05, 0.1) is 12.8 Å². The Kier molecular flexibility index (Phi) is 6.33. The summed E-state index contributed by atoms with van der Waals surface area (Å²) in [5.74, 6) is -0.235. The van der Waals surface area contributed by atoms with Crippen LogP contribution in [0.3, 0.4) is 0 Å². The van der Waals surface area contributed by atoms with Gasteiger partial charge in [-0.05, 0) is 18.1 Å². The number of rotatable bonds is 7. The Morgan fingerprint density at radius 1 is 0.920 bits per heavy atom. The van der Waals surface area contributed by atoms with Gasteiger partial charge in [0.25, 0.3) is 0 Å². The van der Waals surface area contributed by atoms with Gasteiger partial charge in [-0.2, -0.15) is 4.31 Å². The van der Waals surface area contributed by atoms with E-state index in [1.807, 2.05) is 61.5 Å². The van der Waals surface area contributed by atoms with Crippen molar-refractivity contribution in [3.05, 3.63) is 71.3 Å². The van der Waals surface area contributed by atoms with Gasteiger partial charge in [-0.15, -0.1) is 0 Å². The first-order valence-electron chi connectivity index (χ1n) is 8.04. The Morgan fingerprint density at radius 3 is 2.04 bits per heavy atom. The van der Waals surface area contributed by atoms with Gasteiger partial charge in [-0.1, -0.05) is 60.2 Å². The molecule has 0 aliphatic rings. The molecular weight excluding hydrogens is 336 g/mol. The van der Waals surface area contributed by atoms with Crippen molar-refractivity contribution in [2.45, 2.75) is 20.0 Å². The number of hydrogen-bond donors (Lipinski definition) is 0. The maximum Gasteiger partial charge on any atom is 0.237 e. The van der Waals surface area contributed by atoms with E-state index in [0.717, 1.165) is 22.9 Å². The molecule has 0 radical (unpaired) electrons. The maximum atomic E-state index is 12.5. The van der Waals surface area contributed by atoms with Gasteiger partial charge in [-0.3, -0.25) is 4.79 Å². The van der Waals surface area contributed by atoms with Gasteiger partial charge in [0.15, 0.2) is 0 Å². The van der Waals surface area contributed by atoms with E-state index in [1.54, 1.807) is 11.9 Å². The Labute approximate surface area is 149 Å². The van der Waals surface area contributed by atoms with Crippen LogP contribution < -0.4 is 0 Å². The van der Waals surface area contributed by atoms with Crippen molar-refractivity contribution >= 4 is 15.9 Å². The number of hydrogen-bond acceptors (Lipinski definition) is 3. The molecule has 0 N–H and O–H groups in total. The zero-order valence-electron chi connectivity index (χ0n) is 14.8. The number of sulfonamides is 1. The summed E-state index contributed by atoms with van der Waals surface area (Å²) < 4.78 is 25.4. The van der Waals surface area contributed by atoms with E-state index in [-0.39, 0.29) is 19.0 Å². The van der Waals surface area contributed by atoms with Crippen molar-refractivity contribution in [1.82, 2.24) is 9.21 Å². The molecule has 0 aliphatic carbocycles. The third-order valence-electron chi connectivity index (χ3n) is 3.95. The Bertz CT molecular complexity index is 802. The molecule has 0 spiro atoms. The van der Waals surface area contributed by atoms with E-state index in [2.05, 4.69) is 0 Å². The van der Waals surface area contributed by atoms with Crippen molar-refractivity contribution in [1.29, 1.82) is 0 Å². The molecule has 0 aromatic heterocycles. The average Bonchev–Trinajstić information content (AvgIpc) is 2.56. The summed E-state index contributed by atoms with van der Waals surface area (Å²) in [6, 6.07) is 17.2. The van der Waals surface area contributed by atoms with Gasteiger partial charge in [0, 0.05) is 20.1 Å². The molecule has 0 saturated carbocycles. The van der Waals surface area contributed by atoms with Crippen LogP contribution in [0.4, 0.5) is 0 Å². The lowest BCUT2D eigenvalue weighted by atomic mass is 10.1. The van der Waals surface area contributed by atoms with Crippen LogP contribution in [0, 0.1) is 6.92 Å². The van der Waals surface area contributed by atoms with Crippen LogP contribution in [0.1, 0.15) is 16.7 Å². The second kappa shape index (κ2) is 8.27. The minimum Gasteiger partial charge on any atom is -0.340 e. The summed E-state index contributed by atoms with van der Waals surface area (Å²) in [5.41, 5.74) is 2.96. The second-order valence-corrected chi connectivity index (χ2v) is 8.23. The smallest absolute Gasteiger partial charge is 0.237 e. The standard InChI is InChI=1S/C19H24N2O3S/c1-16-9-11-18(12-10-16)14-21(25(3,23)24)15-19(22)20(2)13-17-7-5-4-6-8-17/h4-12H,13-15H2,1-3H3. The molecule has 0 aliphatic heterocycles. The quantitative estimate of drug-likeness (QED) is 0.762. The van der Waals surface area contributed by atoms with E-state index >= 15 is 0 Å². The van der Waals surface area contributed by atoms with Crippen LogP contribution in [0.15, 0.2) is 54.6 Å². The van der Waals surface area contributed by atoms with Crippen LogP contribution in [-0.4, -0.2) is 43.4 Å². The molecule has 25 heavy (non-hydrogen) atoms. The minimum atomic E-state index is -3.49. The van der Waals surface area contributed by atoms with Crippen LogP contribution in [0.5, 0.6) is 0 Å². The summed E-state index contributed by atoms with van der Waals surface area (Å²) >= 11 is 0. The maximum absolute atomic E-state index is 12.5. The van der Waals surface area contributed by atoms with Crippen molar-refractivity contribution in [2.24, 2.45) is 0 Å². The SMILES string of the molecule is Cc1ccc(CN(CC(=O)N(C)Cc2ccccc2)S(C)(=O)=O)cc1. The zero-order valence-corrected chi connectivity index (χ0v) is 15.7. The molecule has 0 unspecified atom stereocenters. The molecule has 6 heteroatoms. The molecule has 0 atom stereocenters. The van der Waals surface area contributed by atoms with E-state index in [4.69, 9.17) is 0 Å². The van der Waals surface area contributed by atoms with Crippen molar-refractivity contribution in [3.8, 4) is 0 Å². The molecule has 0 fully saturated rings. The lowest BCUT2D eigenvalue weighted by Crippen LogP contribution is -2.40. The van der Waals surface area contributed by atoms with Gasteiger partial charge in [-0.25, -0.2) is 8.42 Å². The summed E-state index contributed by atoms with van der Waals surface area (Å²) in [4.78, 5) is 14.0. The summed E-state index contributed by atoms with van der Waals surface area (Å²) in [5, 5.41) is 0. The largest absolute Gasteiger partial charge is 0.340 e. The highest BCUT2D eigenvalue weighted by Crippen LogP contribution is 2.11. The molecule has 5 nitrogen and oxygen atoms in total. The number of benzene rings is 2. The third-order valence-corrected chi connectivity index (χ3v) is 5.14. The van der Waals surface area contributed by atoms with Gasteiger partial charge < -0.3 is 4.90 Å². The van der Waals surface area contributed by atoms with Gasteiger partial charge in [0.2, 0.25) is 15.9 Å². The fourth-order valence-corrected chi connectivity index (χ4v) is 3.13. The van der Waals surface area contributed by atoms with Gasteiger partial charge in [0.1, 0.15) is 0 Å². The lowest BCUT2D eigenvalue weighted by Gasteiger charge is -2.23. The fourth-order valence-electron chi connectivity index (χ4n) is 2.40. The van der Waals surface area contributed by atoms with E-state index in [9.17, 15) is 13.2 Å². The fraction of sp³-hybridized carbons (Fsp3) is 0.316. The highest BCUT2D eigenvalue weighted by atomic mass is 32.2. The third kappa shape index (κ3) is 5.99. The number of nitrogens with zero attached hydrogens (tertiary/aromatic N) is 2. The molecule has 0 bridgehead atoms. The Hall–Kier alpha value is -2.18. The number of likely N-dealkylation sites (N-methyl/N-ethyl adjacent to an activating group) is 1. The Balaban J connectivity index is 2.05. The monoisotopic (exact) mass is 360 g/mol. The molecule has 2 aromatic carbocycles. The molecular formula is C19H24N2O3S. The summed E-state index contributed by atoms with van der Waals surface area (Å²) in [6.07, 6.45) is 1.13. The van der Waals surface area contributed by atoms with Crippen molar-refractivity contribution in [3.63, 3.8) is 0 Å². The van der Waals surface area contributed by atoms with Crippen LogP contribution in [0.2, 0.25) is 0 Å². The van der Waals surface area contributed by atoms with Crippen LogP contribution in [0.25, 0.3) is 0 Å². The first-order chi connectivity index (χ1) is 11.8. The molecule has 2 rings (SSSR count). The highest BCUT2D eigenvalue weighted by molar-refractivity contribution is 7.88. The van der Waals surface area contributed by atoms with Crippen molar-refractivity contribution in [2.75, 3.05) is 19.8 Å². The van der Waals surface area contributed by atoms with Crippen molar-refractivity contribution < 1.29 is 13.2 Å².